The number of hydrogen-bond acceptors (Lipinski definition) is 3. The molecule has 1 heterocycles. The first-order valence-electron chi connectivity index (χ1n) is 6.35. The molecule has 0 aliphatic carbocycles. The van der Waals surface area contributed by atoms with Crippen LogP contribution in [-0.2, 0) is 10.0 Å². The van der Waals surface area contributed by atoms with E-state index >= 15 is 0 Å². The third-order valence-electron chi connectivity index (χ3n) is 3.55. The second kappa shape index (κ2) is 5.82. The summed E-state index contributed by atoms with van der Waals surface area (Å²) in [6.07, 6.45) is 1.03. The number of benzene rings is 1. The van der Waals surface area contributed by atoms with Gasteiger partial charge in [-0.15, -0.1) is 0 Å². The van der Waals surface area contributed by atoms with Crippen LogP contribution in [0.3, 0.4) is 0 Å². The number of rotatable bonds is 4. The minimum Gasteiger partial charge on any atom is -0.316 e. The number of nitrogens with one attached hydrogen (secondary N) is 2. The van der Waals surface area contributed by atoms with Crippen LogP contribution < -0.4 is 10.0 Å². The fraction of sp³-hybridized carbons (Fsp3) is 0.538. The molecule has 4 nitrogen and oxygen atoms in total. The molecule has 2 rings (SSSR count). The molecule has 100 valence electrons. The van der Waals surface area contributed by atoms with Gasteiger partial charge in [0.15, 0.2) is 0 Å². The zero-order valence-corrected chi connectivity index (χ0v) is 11.4. The molecule has 0 radical (unpaired) electrons. The molecule has 1 aliphatic heterocycles. The summed E-state index contributed by atoms with van der Waals surface area (Å²) in [6, 6.07) is 8.53. The fourth-order valence-electron chi connectivity index (χ4n) is 2.27. The van der Waals surface area contributed by atoms with Gasteiger partial charge >= 0.3 is 0 Å². The first-order chi connectivity index (χ1) is 8.59. The van der Waals surface area contributed by atoms with E-state index in [9.17, 15) is 8.42 Å². The topological polar surface area (TPSA) is 58.2 Å². The van der Waals surface area contributed by atoms with Crippen molar-refractivity contribution in [3.05, 3.63) is 30.3 Å². The van der Waals surface area contributed by atoms with E-state index in [2.05, 4.69) is 17.0 Å². The molecular weight excluding hydrogens is 248 g/mol. The molecule has 0 amide bonds. The Morgan fingerprint density at radius 2 is 2.06 bits per heavy atom. The molecule has 5 heteroatoms. The average Bonchev–Trinajstić information content (AvgIpc) is 2.39. The predicted octanol–water partition coefficient (Wildman–Crippen LogP) is 1.21. The maximum absolute atomic E-state index is 12.1. The summed E-state index contributed by atoms with van der Waals surface area (Å²) in [7, 11) is -3.35. The fourth-order valence-corrected chi connectivity index (χ4v) is 3.39. The van der Waals surface area contributed by atoms with Crippen molar-refractivity contribution < 1.29 is 8.42 Å². The molecule has 2 atom stereocenters. The first kappa shape index (κ1) is 13.5. The molecular formula is C13H20N2O2S. The van der Waals surface area contributed by atoms with Crippen molar-refractivity contribution in [2.75, 3.05) is 19.6 Å². The van der Waals surface area contributed by atoms with Gasteiger partial charge in [-0.3, -0.25) is 0 Å². The quantitative estimate of drug-likeness (QED) is 0.863. The number of hydrogen-bond donors (Lipinski definition) is 2. The second-order valence-corrected chi connectivity index (χ2v) is 6.66. The lowest BCUT2D eigenvalue weighted by Gasteiger charge is -2.29. The molecule has 0 saturated carbocycles. The Bertz CT molecular complexity index is 473. The maximum atomic E-state index is 12.1. The predicted molar refractivity (Wildman–Crippen MR) is 71.8 cm³/mol. The molecule has 1 aromatic rings. The van der Waals surface area contributed by atoms with Gasteiger partial charge in [0.1, 0.15) is 0 Å². The molecule has 18 heavy (non-hydrogen) atoms. The summed E-state index contributed by atoms with van der Waals surface area (Å²) in [5.74, 6) is 0.932. The summed E-state index contributed by atoms with van der Waals surface area (Å²) in [6.45, 7) is 4.63. The standard InChI is InChI=1S/C13H20N2O2S/c1-11-9-14-8-7-12(11)10-15-18(16,17)13-5-3-2-4-6-13/h2-6,11-12,14-15H,7-10H2,1H3. The highest BCUT2D eigenvalue weighted by Crippen LogP contribution is 2.18. The van der Waals surface area contributed by atoms with E-state index in [1.165, 1.54) is 0 Å². The monoisotopic (exact) mass is 268 g/mol. The van der Waals surface area contributed by atoms with Gasteiger partial charge in [0, 0.05) is 6.54 Å². The summed E-state index contributed by atoms with van der Waals surface area (Å²) in [4.78, 5) is 0.339. The van der Waals surface area contributed by atoms with Crippen molar-refractivity contribution in [2.45, 2.75) is 18.2 Å². The smallest absolute Gasteiger partial charge is 0.240 e. The lowest BCUT2D eigenvalue weighted by molar-refractivity contribution is 0.274. The van der Waals surface area contributed by atoms with Gasteiger partial charge in [0.2, 0.25) is 10.0 Å². The van der Waals surface area contributed by atoms with E-state index < -0.39 is 10.0 Å². The van der Waals surface area contributed by atoms with Crippen molar-refractivity contribution >= 4 is 10.0 Å². The van der Waals surface area contributed by atoms with Crippen LogP contribution in [0.2, 0.25) is 0 Å². The van der Waals surface area contributed by atoms with Gasteiger partial charge in [-0.1, -0.05) is 25.1 Å². The third kappa shape index (κ3) is 3.31. The highest BCUT2D eigenvalue weighted by atomic mass is 32.2. The molecule has 1 fully saturated rings. The molecule has 2 unspecified atom stereocenters. The Kier molecular flexibility index (Phi) is 4.37. The summed E-state index contributed by atoms with van der Waals surface area (Å²) in [5, 5.41) is 3.32. The molecule has 0 spiro atoms. The largest absolute Gasteiger partial charge is 0.316 e. The molecule has 1 aliphatic rings. The Hall–Kier alpha value is -0.910. The van der Waals surface area contributed by atoms with Crippen LogP contribution in [0, 0.1) is 11.8 Å². The van der Waals surface area contributed by atoms with E-state index in [-0.39, 0.29) is 0 Å². The Labute approximate surface area is 109 Å². The third-order valence-corrected chi connectivity index (χ3v) is 4.99. The lowest BCUT2D eigenvalue weighted by atomic mass is 9.88. The normalized spacial score (nSPS) is 24.9. The number of sulfonamides is 1. The van der Waals surface area contributed by atoms with Crippen molar-refractivity contribution in [1.82, 2.24) is 10.0 Å². The summed E-state index contributed by atoms with van der Waals surface area (Å²) < 4.78 is 26.8. The maximum Gasteiger partial charge on any atom is 0.240 e. The second-order valence-electron chi connectivity index (χ2n) is 4.90. The first-order valence-corrected chi connectivity index (χ1v) is 7.83. The summed E-state index contributed by atoms with van der Waals surface area (Å²) >= 11 is 0. The molecule has 0 bridgehead atoms. The highest BCUT2D eigenvalue weighted by Gasteiger charge is 2.23. The van der Waals surface area contributed by atoms with Gasteiger partial charge in [-0.25, -0.2) is 13.1 Å². The van der Waals surface area contributed by atoms with Crippen molar-refractivity contribution in [2.24, 2.45) is 11.8 Å². The van der Waals surface area contributed by atoms with Crippen molar-refractivity contribution in [1.29, 1.82) is 0 Å². The van der Waals surface area contributed by atoms with E-state index in [1.807, 2.05) is 6.07 Å². The van der Waals surface area contributed by atoms with Crippen molar-refractivity contribution in [3.8, 4) is 0 Å². The Balaban J connectivity index is 1.97. The van der Waals surface area contributed by atoms with Crippen molar-refractivity contribution in [3.63, 3.8) is 0 Å². The van der Waals surface area contributed by atoms with Crippen LogP contribution >= 0.6 is 0 Å². The SMILES string of the molecule is CC1CNCCC1CNS(=O)(=O)c1ccccc1. The lowest BCUT2D eigenvalue weighted by Crippen LogP contribution is -2.41. The van der Waals surface area contributed by atoms with Gasteiger partial charge in [0.05, 0.1) is 4.90 Å². The Morgan fingerprint density at radius 3 is 2.72 bits per heavy atom. The molecule has 1 saturated heterocycles. The van der Waals surface area contributed by atoms with E-state index in [4.69, 9.17) is 0 Å². The minimum atomic E-state index is -3.35. The number of piperidine rings is 1. The zero-order chi connectivity index (χ0) is 13.0. The molecule has 2 N–H and O–H groups in total. The van der Waals surface area contributed by atoms with Crippen LogP contribution in [-0.4, -0.2) is 28.1 Å². The van der Waals surface area contributed by atoms with Gasteiger partial charge < -0.3 is 5.32 Å². The van der Waals surface area contributed by atoms with Gasteiger partial charge in [0.25, 0.3) is 0 Å². The Morgan fingerprint density at radius 1 is 1.33 bits per heavy atom. The average molecular weight is 268 g/mol. The van der Waals surface area contributed by atoms with Crippen LogP contribution in [0.1, 0.15) is 13.3 Å². The minimum absolute atomic E-state index is 0.339. The molecule has 1 aromatic carbocycles. The molecule has 0 aromatic heterocycles. The van der Waals surface area contributed by atoms with Crippen LogP contribution in [0.15, 0.2) is 35.2 Å². The van der Waals surface area contributed by atoms with Gasteiger partial charge in [-0.2, -0.15) is 0 Å². The van der Waals surface area contributed by atoms with Gasteiger partial charge in [-0.05, 0) is 43.5 Å². The van der Waals surface area contributed by atoms with E-state index in [1.54, 1.807) is 24.3 Å². The van der Waals surface area contributed by atoms with E-state index in [0.717, 1.165) is 19.5 Å². The zero-order valence-electron chi connectivity index (χ0n) is 10.6. The highest BCUT2D eigenvalue weighted by molar-refractivity contribution is 7.89. The van der Waals surface area contributed by atoms with Crippen LogP contribution in [0.4, 0.5) is 0 Å². The van der Waals surface area contributed by atoms with Crippen LogP contribution in [0.25, 0.3) is 0 Å². The van der Waals surface area contributed by atoms with E-state index in [0.29, 0.717) is 23.3 Å². The summed E-state index contributed by atoms with van der Waals surface area (Å²) in [5.41, 5.74) is 0. The van der Waals surface area contributed by atoms with Crippen LogP contribution in [0.5, 0.6) is 0 Å².